The van der Waals surface area contributed by atoms with Gasteiger partial charge in [0.25, 0.3) is 0 Å². The van der Waals surface area contributed by atoms with Crippen LogP contribution in [0.15, 0.2) is 29.2 Å². The van der Waals surface area contributed by atoms with Gasteiger partial charge in [-0.05, 0) is 18.1 Å². The van der Waals surface area contributed by atoms with Gasteiger partial charge in [-0.2, -0.15) is 0 Å². The van der Waals surface area contributed by atoms with E-state index in [0.717, 1.165) is 13.2 Å². The van der Waals surface area contributed by atoms with Gasteiger partial charge in [0.15, 0.2) is 0 Å². The summed E-state index contributed by atoms with van der Waals surface area (Å²) >= 11 is 1.98. The molecule has 1 atom stereocenters. The summed E-state index contributed by atoms with van der Waals surface area (Å²) < 4.78 is 0. The van der Waals surface area contributed by atoms with E-state index in [-0.39, 0.29) is 5.54 Å². The normalized spacial score (nSPS) is 30.6. The Morgan fingerprint density at radius 2 is 2.21 bits per heavy atom. The summed E-state index contributed by atoms with van der Waals surface area (Å²) in [6.45, 7) is 2.02. The molecule has 0 saturated carbocycles. The molecule has 2 nitrogen and oxygen atoms in total. The van der Waals surface area contributed by atoms with Crippen LogP contribution in [0.2, 0.25) is 0 Å². The summed E-state index contributed by atoms with van der Waals surface area (Å²) in [5.74, 6) is 1.23. The predicted molar refractivity (Wildman–Crippen MR) is 59.5 cm³/mol. The summed E-state index contributed by atoms with van der Waals surface area (Å²) in [6, 6.07) is 8.78. The molecule has 0 bridgehead atoms. The average Bonchev–Trinajstić information content (AvgIpc) is 2.68. The Labute approximate surface area is 88.5 Å². The van der Waals surface area contributed by atoms with Gasteiger partial charge >= 0.3 is 0 Å². The Hall–Kier alpha value is -0.510. The Balaban J connectivity index is 2.10. The number of thioether (sulfide) groups is 1. The van der Waals surface area contributed by atoms with Crippen LogP contribution >= 0.6 is 11.8 Å². The lowest BCUT2D eigenvalue weighted by atomic mass is 9.88. The van der Waals surface area contributed by atoms with Crippen molar-refractivity contribution in [2.75, 3.05) is 19.0 Å². The lowest BCUT2D eigenvalue weighted by molar-refractivity contribution is 0.391. The van der Waals surface area contributed by atoms with Gasteiger partial charge < -0.3 is 5.32 Å². The van der Waals surface area contributed by atoms with Crippen molar-refractivity contribution in [2.24, 2.45) is 0 Å². The molecule has 0 aliphatic carbocycles. The lowest BCUT2D eigenvalue weighted by Crippen LogP contribution is -2.42. The number of hydrogen-bond donors (Lipinski definition) is 2. The van der Waals surface area contributed by atoms with Crippen molar-refractivity contribution >= 4 is 11.8 Å². The number of hydrogen-bond acceptors (Lipinski definition) is 3. The first-order chi connectivity index (χ1) is 6.91. The van der Waals surface area contributed by atoms with E-state index in [1.807, 2.05) is 11.8 Å². The van der Waals surface area contributed by atoms with Crippen LogP contribution in [-0.4, -0.2) is 19.0 Å². The van der Waals surface area contributed by atoms with Crippen molar-refractivity contribution in [1.29, 1.82) is 0 Å². The van der Waals surface area contributed by atoms with E-state index in [1.165, 1.54) is 22.6 Å². The molecule has 1 fully saturated rings. The molecular formula is C11H14N2S. The highest BCUT2D eigenvalue weighted by molar-refractivity contribution is 7.99. The van der Waals surface area contributed by atoms with E-state index in [2.05, 4.69) is 34.9 Å². The summed E-state index contributed by atoms with van der Waals surface area (Å²) in [4.78, 5) is 1.45. The first-order valence-electron chi connectivity index (χ1n) is 5.09. The Bertz CT molecular complexity index is 345. The maximum atomic E-state index is 3.60. The fourth-order valence-electron chi connectivity index (χ4n) is 2.40. The molecule has 1 aromatic rings. The van der Waals surface area contributed by atoms with E-state index in [1.54, 1.807) is 0 Å². The van der Waals surface area contributed by atoms with Crippen LogP contribution in [0.1, 0.15) is 12.0 Å². The third-order valence-corrected chi connectivity index (χ3v) is 4.24. The second-order valence-corrected chi connectivity index (χ2v) is 5.09. The van der Waals surface area contributed by atoms with Crippen LogP contribution in [0.25, 0.3) is 0 Å². The molecule has 0 amide bonds. The average molecular weight is 206 g/mol. The number of rotatable bonds is 0. The van der Waals surface area contributed by atoms with Crippen LogP contribution in [0, 0.1) is 0 Å². The minimum Gasteiger partial charge on any atom is -0.302 e. The van der Waals surface area contributed by atoms with Gasteiger partial charge in [-0.1, -0.05) is 18.2 Å². The molecule has 2 N–H and O–H groups in total. The third-order valence-electron chi connectivity index (χ3n) is 3.17. The quantitative estimate of drug-likeness (QED) is 0.673. The maximum Gasteiger partial charge on any atom is 0.0590 e. The molecule has 74 valence electrons. The van der Waals surface area contributed by atoms with E-state index in [0.29, 0.717) is 0 Å². The first-order valence-corrected chi connectivity index (χ1v) is 6.07. The SMILES string of the molecule is c1ccc2c(c1)SCCC21CNCN1. The number of nitrogens with one attached hydrogen (secondary N) is 2. The summed E-state index contributed by atoms with van der Waals surface area (Å²) in [5.41, 5.74) is 1.71. The molecular weight excluding hydrogens is 192 g/mol. The van der Waals surface area contributed by atoms with E-state index >= 15 is 0 Å². The van der Waals surface area contributed by atoms with Gasteiger partial charge in [0, 0.05) is 23.9 Å². The molecule has 2 aliphatic heterocycles. The Morgan fingerprint density at radius 3 is 3.07 bits per heavy atom. The van der Waals surface area contributed by atoms with Gasteiger partial charge in [-0.3, -0.25) is 5.32 Å². The zero-order chi connectivity index (χ0) is 9.43. The second kappa shape index (κ2) is 3.26. The monoisotopic (exact) mass is 206 g/mol. The van der Waals surface area contributed by atoms with Gasteiger partial charge in [0.1, 0.15) is 0 Å². The molecule has 14 heavy (non-hydrogen) atoms. The zero-order valence-corrected chi connectivity index (χ0v) is 8.86. The maximum absolute atomic E-state index is 3.60. The van der Waals surface area contributed by atoms with E-state index in [4.69, 9.17) is 0 Å². The van der Waals surface area contributed by atoms with Crippen molar-refractivity contribution in [1.82, 2.24) is 10.6 Å². The molecule has 0 radical (unpaired) electrons. The molecule has 1 aromatic carbocycles. The first kappa shape index (κ1) is 8.77. The Morgan fingerprint density at radius 1 is 1.29 bits per heavy atom. The van der Waals surface area contributed by atoms with Gasteiger partial charge in [-0.15, -0.1) is 11.8 Å². The highest BCUT2D eigenvalue weighted by Gasteiger charge is 2.38. The van der Waals surface area contributed by atoms with Crippen LogP contribution in [0.5, 0.6) is 0 Å². The third kappa shape index (κ3) is 1.20. The molecule has 1 saturated heterocycles. The topological polar surface area (TPSA) is 24.1 Å². The fraction of sp³-hybridized carbons (Fsp3) is 0.455. The summed E-state index contributed by atoms with van der Waals surface area (Å²) in [7, 11) is 0. The highest BCUT2D eigenvalue weighted by atomic mass is 32.2. The summed E-state index contributed by atoms with van der Waals surface area (Å²) in [6.07, 6.45) is 1.24. The number of benzene rings is 1. The van der Waals surface area contributed by atoms with E-state index < -0.39 is 0 Å². The fourth-order valence-corrected chi connectivity index (χ4v) is 3.66. The van der Waals surface area contributed by atoms with Crippen molar-refractivity contribution in [2.45, 2.75) is 16.9 Å². The molecule has 2 heterocycles. The van der Waals surface area contributed by atoms with Gasteiger partial charge in [0.2, 0.25) is 0 Å². The van der Waals surface area contributed by atoms with Crippen LogP contribution in [0.4, 0.5) is 0 Å². The van der Waals surface area contributed by atoms with Crippen LogP contribution in [0.3, 0.4) is 0 Å². The molecule has 3 rings (SSSR count). The predicted octanol–water partition coefficient (Wildman–Crippen LogP) is 1.53. The van der Waals surface area contributed by atoms with Crippen molar-refractivity contribution in [3.8, 4) is 0 Å². The van der Waals surface area contributed by atoms with Crippen LogP contribution in [-0.2, 0) is 5.54 Å². The van der Waals surface area contributed by atoms with Crippen molar-refractivity contribution in [3.63, 3.8) is 0 Å². The summed E-state index contributed by atoms with van der Waals surface area (Å²) in [5, 5.41) is 7.01. The highest BCUT2D eigenvalue weighted by Crippen LogP contribution is 2.40. The molecule has 1 unspecified atom stereocenters. The lowest BCUT2D eigenvalue weighted by Gasteiger charge is -2.34. The van der Waals surface area contributed by atoms with Crippen LogP contribution < -0.4 is 10.6 Å². The van der Waals surface area contributed by atoms with E-state index in [9.17, 15) is 0 Å². The molecule has 0 aromatic heterocycles. The second-order valence-electron chi connectivity index (χ2n) is 3.96. The Kier molecular flexibility index (Phi) is 2.04. The molecule has 1 spiro atoms. The minimum absolute atomic E-state index is 0.224. The van der Waals surface area contributed by atoms with Gasteiger partial charge in [0.05, 0.1) is 5.54 Å². The smallest absolute Gasteiger partial charge is 0.0590 e. The standard InChI is InChI=1S/C11H14N2S/c1-2-4-10-9(3-1)11(5-6-14-10)7-12-8-13-11/h1-4,12-13H,5-8H2. The largest absolute Gasteiger partial charge is 0.302 e. The van der Waals surface area contributed by atoms with Crippen molar-refractivity contribution < 1.29 is 0 Å². The molecule has 3 heteroatoms. The van der Waals surface area contributed by atoms with Crippen molar-refractivity contribution in [3.05, 3.63) is 29.8 Å². The minimum atomic E-state index is 0.224. The zero-order valence-electron chi connectivity index (χ0n) is 8.05. The number of fused-ring (bicyclic) bond motifs is 2. The molecule has 2 aliphatic rings. The van der Waals surface area contributed by atoms with Gasteiger partial charge in [-0.25, -0.2) is 0 Å².